The van der Waals surface area contributed by atoms with E-state index < -0.39 is 0 Å². The van der Waals surface area contributed by atoms with Crippen LogP contribution in [-0.4, -0.2) is 29.9 Å². The van der Waals surface area contributed by atoms with E-state index in [0.29, 0.717) is 22.8 Å². The van der Waals surface area contributed by atoms with Crippen LogP contribution in [0.5, 0.6) is 0 Å². The van der Waals surface area contributed by atoms with E-state index in [2.05, 4.69) is 19.9 Å². The summed E-state index contributed by atoms with van der Waals surface area (Å²) in [6.45, 7) is 0. The van der Waals surface area contributed by atoms with E-state index in [-0.39, 0.29) is 0 Å². The smallest absolute Gasteiger partial charge is 0.0895 e. The molecule has 5 aromatic rings. The second-order valence-corrected chi connectivity index (χ2v) is 8.12. The molecule has 5 rings (SSSR count). The van der Waals surface area contributed by atoms with Gasteiger partial charge < -0.3 is 0 Å². The van der Waals surface area contributed by atoms with Gasteiger partial charge in [0.1, 0.15) is 0 Å². The van der Waals surface area contributed by atoms with Crippen LogP contribution < -0.4 is 0 Å². The van der Waals surface area contributed by atoms with Crippen molar-refractivity contribution in [2.45, 2.75) is 0 Å². The molecular formula is C32H24N6. The highest BCUT2D eigenvalue weighted by atomic mass is 14.8. The maximum atomic E-state index is 4.99. The first-order chi connectivity index (χ1) is 18.8. The normalized spacial score (nSPS) is 11.8. The lowest BCUT2D eigenvalue weighted by molar-refractivity contribution is 1.12. The molecule has 0 amide bonds. The summed E-state index contributed by atoms with van der Waals surface area (Å²) in [7, 11) is 0. The molecule has 0 aliphatic carbocycles. The molecule has 38 heavy (non-hydrogen) atoms. The minimum atomic E-state index is 0.707. The number of nitrogens with zero attached hydrogens (tertiary/aromatic N) is 6. The van der Waals surface area contributed by atoms with Gasteiger partial charge in [0.15, 0.2) is 0 Å². The zero-order valence-electron chi connectivity index (χ0n) is 20.5. The zero-order valence-corrected chi connectivity index (χ0v) is 20.5. The monoisotopic (exact) mass is 492 g/mol. The van der Waals surface area contributed by atoms with Crippen molar-refractivity contribution in [3.63, 3.8) is 0 Å². The Labute approximate surface area is 221 Å². The summed E-state index contributed by atoms with van der Waals surface area (Å²) in [5.74, 6) is 0. The van der Waals surface area contributed by atoms with Crippen molar-refractivity contribution in [3.05, 3.63) is 143 Å². The van der Waals surface area contributed by atoms with E-state index in [9.17, 15) is 0 Å². The third-order valence-electron chi connectivity index (χ3n) is 5.41. The van der Waals surface area contributed by atoms with Gasteiger partial charge in [0.2, 0.25) is 0 Å². The molecule has 0 radical (unpaired) electrons. The number of hydrogen-bond acceptors (Lipinski definition) is 6. The summed E-state index contributed by atoms with van der Waals surface area (Å²) >= 11 is 0. The molecule has 0 aliphatic rings. The molecule has 0 unspecified atom stereocenters. The molecule has 0 bridgehead atoms. The standard InChI is InChI=1S/C32H24N6/c1-5-21-33-25(9-1)13-17-29-30(18-14-26-10-2-6-22-34-26)38-32(20-16-28-12-4-8-24-36-28)31(37-29)19-15-27-11-3-7-23-35-27/h1-24H. The topological polar surface area (TPSA) is 77.3 Å². The Bertz CT molecular complexity index is 1340. The fourth-order valence-corrected chi connectivity index (χ4v) is 3.53. The summed E-state index contributed by atoms with van der Waals surface area (Å²) in [5.41, 5.74) is 6.16. The van der Waals surface area contributed by atoms with Crippen LogP contribution in [0.1, 0.15) is 45.6 Å². The summed E-state index contributed by atoms with van der Waals surface area (Å²) in [4.78, 5) is 27.6. The van der Waals surface area contributed by atoms with E-state index in [0.717, 1.165) is 22.8 Å². The Balaban J connectivity index is 1.60. The van der Waals surface area contributed by atoms with Crippen LogP contribution in [0.25, 0.3) is 48.6 Å². The molecule has 0 atom stereocenters. The van der Waals surface area contributed by atoms with Gasteiger partial charge in [0, 0.05) is 24.8 Å². The van der Waals surface area contributed by atoms with Gasteiger partial charge in [0.05, 0.1) is 45.6 Å². The SMILES string of the molecule is C(=Cc1nc(C=Cc2ccccn2)c(C=Cc2ccccn2)nc1C=Cc1ccccn1)c1ccccn1. The average molecular weight is 493 g/mol. The van der Waals surface area contributed by atoms with Crippen molar-refractivity contribution < 1.29 is 0 Å². The highest BCUT2D eigenvalue weighted by Gasteiger charge is 2.08. The van der Waals surface area contributed by atoms with Crippen LogP contribution in [0.2, 0.25) is 0 Å². The third kappa shape index (κ3) is 6.86. The molecule has 0 saturated heterocycles. The summed E-state index contributed by atoms with van der Waals surface area (Å²) < 4.78 is 0. The first-order valence-electron chi connectivity index (χ1n) is 12.1. The second-order valence-electron chi connectivity index (χ2n) is 8.12. The largest absolute Gasteiger partial charge is 0.257 e. The van der Waals surface area contributed by atoms with Gasteiger partial charge in [-0.3, -0.25) is 19.9 Å². The number of rotatable bonds is 8. The van der Waals surface area contributed by atoms with Gasteiger partial charge in [0.25, 0.3) is 0 Å². The Morgan fingerprint density at radius 3 is 0.789 bits per heavy atom. The van der Waals surface area contributed by atoms with Gasteiger partial charge in [-0.05, 0) is 97.1 Å². The Morgan fingerprint density at radius 2 is 0.579 bits per heavy atom. The van der Waals surface area contributed by atoms with E-state index in [1.807, 2.05) is 121 Å². The number of pyridine rings is 4. The lowest BCUT2D eigenvalue weighted by atomic mass is 10.1. The van der Waals surface area contributed by atoms with Gasteiger partial charge in [-0.25, -0.2) is 9.97 Å². The quantitative estimate of drug-likeness (QED) is 0.239. The molecule has 5 heterocycles. The van der Waals surface area contributed by atoms with Crippen molar-refractivity contribution in [1.82, 2.24) is 29.9 Å². The second kappa shape index (κ2) is 12.6. The summed E-state index contributed by atoms with van der Waals surface area (Å²) in [6, 6.07) is 23.1. The lowest BCUT2D eigenvalue weighted by Crippen LogP contribution is -2.00. The zero-order chi connectivity index (χ0) is 25.8. The highest BCUT2D eigenvalue weighted by molar-refractivity contribution is 5.80. The maximum absolute atomic E-state index is 4.99. The molecule has 5 aromatic heterocycles. The Hall–Kier alpha value is -5.36. The molecule has 0 spiro atoms. The average Bonchev–Trinajstić information content (AvgIpc) is 2.99. The van der Waals surface area contributed by atoms with Gasteiger partial charge in [-0.15, -0.1) is 0 Å². The molecule has 0 fully saturated rings. The molecule has 182 valence electrons. The first kappa shape index (κ1) is 24.3. The van der Waals surface area contributed by atoms with Crippen molar-refractivity contribution in [2.75, 3.05) is 0 Å². The molecular weight excluding hydrogens is 468 g/mol. The minimum absolute atomic E-state index is 0.707. The molecule has 6 nitrogen and oxygen atoms in total. The van der Waals surface area contributed by atoms with E-state index in [1.54, 1.807) is 24.8 Å². The summed E-state index contributed by atoms with van der Waals surface area (Å²) in [6.07, 6.45) is 22.5. The minimum Gasteiger partial charge on any atom is -0.257 e. The van der Waals surface area contributed by atoms with Crippen LogP contribution in [0.15, 0.2) is 97.6 Å². The highest BCUT2D eigenvalue weighted by Crippen LogP contribution is 2.19. The third-order valence-corrected chi connectivity index (χ3v) is 5.41. The fourth-order valence-electron chi connectivity index (χ4n) is 3.53. The van der Waals surface area contributed by atoms with Crippen LogP contribution >= 0.6 is 0 Å². The van der Waals surface area contributed by atoms with Crippen molar-refractivity contribution in [3.8, 4) is 0 Å². The van der Waals surface area contributed by atoms with Crippen molar-refractivity contribution in [1.29, 1.82) is 0 Å². The van der Waals surface area contributed by atoms with E-state index >= 15 is 0 Å². The number of aromatic nitrogens is 6. The maximum Gasteiger partial charge on any atom is 0.0895 e. The first-order valence-corrected chi connectivity index (χ1v) is 12.1. The number of hydrogen-bond donors (Lipinski definition) is 0. The van der Waals surface area contributed by atoms with Crippen LogP contribution in [0, 0.1) is 0 Å². The predicted octanol–water partition coefficient (Wildman–Crippen LogP) is 6.74. The molecule has 0 N–H and O–H groups in total. The fraction of sp³-hybridized carbons (Fsp3) is 0. The van der Waals surface area contributed by atoms with Crippen molar-refractivity contribution in [2.24, 2.45) is 0 Å². The van der Waals surface area contributed by atoms with Crippen LogP contribution in [0.3, 0.4) is 0 Å². The van der Waals surface area contributed by atoms with Gasteiger partial charge in [-0.1, -0.05) is 24.3 Å². The lowest BCUT2D eigenvalue weighted by Gasteiger charge is -2.07. The van der Waals surface area contributed by atoms with E-state index in [4.69, 9.17) is 9.97 Å². The molecule has 0 aliphatic heterocycles. The van der Waals surface area contributed by atoms with Gasteiger partial charge >= 0.3 is 0 Å². The van der Waals surface area contributed by atoms with E-state index in [1.165, 1.54) is 0 Å². The van der Waals surface area contributed by atoms with Crippen LogP contribution in [0.4, 0.5) is 0 Å². The Kier molecular flexibility index (Phi) is 8.04. The molecule has 6 heteroatoms. The predicted molar refractivity (Wildman–Crippen MR) is 155 cm³/mol. The van der Waals surface area contributed by atoms with Crippen LogP contribution in [-0.2, 0) is 0 Å². The van der Waals surface area contributed by atoms with Crippen molar-refractivity contribution >= 4 is 48.6 Å². The summed E-state index contributed by atoms with van der Waals surface area (Å²) in [5, 5.41) is 0. The Morgan fingerprint density at radius 1 is 0.316 bits per heavy atom. The van der Waals surface area contributed by atoms with Gasteiger partial charge in [-0.2, -0.15) is 0 Å². The molecule has 0 saturated carbocycles. The molecule has 0 aromatic carbocycles.